The summed E-state index contributed by atoms with van der Waals surface area (Å²) in [5, 5.41) is 0.729. The normalized spacial score (nSPS) is 14.0. The number of carbonyl (C=O) groups excluding carboxylic acids is 1. The molecule has 4 nitrogen and oxygen atoms in total. The number of benzene rings is 1. The Morgan fingerprint density at radius 1 is 1.19 bits per heavy atom. The molecule has 0 N–H and O–H groups in total. The Hall–Kier alpha value is -1.65. The summed E-state index contributed by atoms with van der Waals surface area (Å²) < 4.78 is 7.39. The van der Waals surface area contributed by atoms with E-state index in [9.17, 15) is 4.79 Å². The Morgan fingerprint density at radius 2 is 1.95 bits per heavy atom. The van der Waals surface area contributed by atoms with Crippen LogP contribution in [0, 0.1) is 0 Å². The molecule has 1 aliphatic rings. The number of nitrogens with zero attached hydrogens (tertiary/aromatic N) is 2. The zero-order chi connectivity index (χ0) is 15.0. The highest BCUT2D eigenvalue weighted by Gasteiger charge is 2.27. The average Bonchev–Trinajstić information content (AvgIpc) is 2.96. The van der Waals surface area contributed by atoms with Crippen molar-refractivity contribution in [1.82, 2.24) is 9.47 Å². The Bertz CT molecular complexity index is 697. The van der Waals surface area contributed by atoms with Gasteiger partial charge in [0.1, 0.15) is 5.56 Å². The van der Waals surface area contributed by atoms with Gasteiger partial charge in [0, 0.05) is 25.0 Å². The standard InChI is InChI=1S/C15H14Cl2N2O2/c1-21-14-12(17)5-4-11(16)13(14)15(20)19-8-7-18-6-2-3-10(18)9-19/h2-6H,7-9H2,1H3. The van der Waals surface area contributed by atoms with Crippen molar-refractivity contribution in [2.45, 2.75) is 13.1 Å². The summed E-state index contributed by atoms with van der Waals surface area (Å²) in [5.41, 5.74) is 1.43. The largest absolute Gasteiger partial charge is 0.494 e. The molecule has 0 radical (unpaired) electrons. The van der Waals surface area contributed by atoms with Gasteiger partial charge in [-0.2, -0.15) is 0 Å². The quantitative estimate of drug-likeness (QED) is 0.847. The lowest BCUT2D eigenvalue weighted by atomic mass is 10.1. The molecule has 1 aromatic heterocycles. The van der Waals surface area contributed by atoms with Gasteiger partial charge in [-0.15, -0.1) is 0 Å². The number of hydrogen-bond donors (Lipinski definition) is 0. The summed E-state index contributed by atoms with van der Waals surface area (Å²) >= 11 is 12.3. The number of fused-ring (bicyclic) bond motifs is 1. The van der Waals surface area contributed by atoms with Gasteiger partial charge in [0.2, 0.25) is 0 Å². The van der Waals surface area contributed by atoms with Crippen LogP contribution in [0.3, 0.4) is 0 Å². The molecule has 0 bridgehead atoms. The summed E-state index contributed by atoms with van der Waals surface area (Å²) in [7, 11) is 1.48. The molecule has 0 saturated carbocycles. The van der Waals surface area contributed by atoms with E-state index >= 15 is 0 Å². The van der Waals surface area contributed by atoms with Crippen LogP contribution in [-0.2, 0) is 13.1 Å². The molecule has 0 saturated heterocycles. The first kappa shape index (κ1) is 14.3. The second-order valence-electron chi connectivity index (χ2n) is 4.86. The predicted octanol–water partition coefficient (Wildman–Crippen LogP) is 3.46. The lowest BCUT2D eigenvalue weighted by Crippen LogP contribution is -2.38. The van der Waals surface area contributed by atoms with Crippen LogP contribution in [-0.4, -0.2) is 29.0 Å². The third-order valence-electron chi connectivity index (χ3n) is 3.65. The molecular weight excluding hydrogens is 311 g/mol. The molecule has 0 aliphatic carbocycles. The Balaban J connectivity index is 1.95. The molecule has 1 aliphatic heterocycles. The van der Waals surface area contributed by atoms with Gasteiger partial charge in [-0.3, -0.25) is 4.79 Å². The van der Waals surface area contributed by atoms with Gasteiger partial charge in [-0.25, -0.2) is 0 Å². The Labute approximate surface area is 132 Å². The van der Waals surface area contributed by atoms with Crippen LogP contribution in [0.5, 0.6) is 5.75 Å². The van der Waals surface area contributed by atoms with Crippen LogP contribution in [0.15, 0.2) is 30.5 Å². The molecule has 6 heteroatoms. The van der Waals surface area contributed by atoms with Crippen LogP contribution >= 0.6 is 23.2 Å². The van der Waals surface area contributed by atoms with Gasteiger partial charge in [0.05, 0.1) is 23.7 Å². The maximum absolute atomic E-state index is 12.8. The van der Waals surface area contributed by atoms with Crippen LogP contribution in [0.25, 0.3) is 0 Å². The van der Waals surface area contributed by atoms with Crippen molar-refractivity contribution in [2.75, 3.05) is 13.7 Å². The van der Waals surface area contributed by atoms with Gasteiger partial charge in [0.25, 0.3) is 5.91 Å². The zero-order valence-electron chi connectivity index (χ0n) is 11.5. The third-order valence-corrected chi connectivity index (χ3v) is 4.26. The molecule has 2 heterocycles. The summed E-state index contributed by atoms with van der Waals surface area (Å²) in [6, 6.07) is 7.24. The molecule has 0 spiro atoms. The topological polar surface area (TPSA) is 34.5 Å². The molecule has 3 rings (SSSR count). The van der Waals surface area contributed by atoms with Gasteiger partial charge < -0.3 is 14.2 Å². The van der Waals surface area contributed by atoms with E-state index in [2.05, 4.69) is 4.57 Å². The third kappa shape index (κ3) is 2.49. The molecule has 110 valence electrons. The first-order valence-electron chi connectivity index (χ1n) is 6.57. The van der Waals surface area contributed by atoms with E-state index in [1.165, 1.54) is 7.11 Å². The van der Waals surface area contributed by atoms with Gasteiger partial charge >= 0.3 is 0 Å². The van der Waals surface area contributed by atoms with Crippen molar-refractivity contribution < 1.29 is 9.53 Å². The average molecular weight is 325 g/mol. The summed E-state index contributed by atoms with van der Waals surface area (Å²) in [6.07, 6.45) is 2.02. The smallest absolute Gasteiger partial charge is 0.259 e. The minimum Gasteiger partial charge on any atom is -0.494 e. The van der Waals surface area contributed by atoms with E-state index in [0.29, 0.717) is 34.4 Å². The van der Waals surface area contributed by atoms with Crippen LogP contribution in [0.4, 0.5) is 0 Å². The van der Waals surface area contributed by atoms with Crippen molar-refractivity contribution >= 4 is 29.1 Å². The molecule has 1 aromatic carbocycles. The highest BCUT2D eigenvalue weighted by molar-refractivity contribution is 6.37. The van der Waals surface area contributed by atoms with E-state index < -0.39 is 0 Å². The molecule has 21 heavy (non-hydrogen) atoms. The number of halogens is 2. The van der Waals surface area contributed by atoms with Crippen molar-refractivity contribution in [3.63, 3.8) is 0 Å². The van der Waals surface area contributed by atoms with Crippen molar-refractivity contribution in [3.05, 3.63) is 51.8 Å². The van der Waals surface area contributed by atoms with E-state index in [1.807, 2.05) is 18.3 Å². The van der Waals surface area contributed by atoms with E-state index in [1.54, 1.807) is 17.0 Å². The van der Waals surface area contributed by atoms with Crippen molar-refractivity contribution in [3.8, 4) is 5.75 Å². The first-order valence-corrected chi connectivity index (χ1v) is 7.32. The number of aromatic nitrogens is 1. The minimum atomic E-state index is -0.160. The molecule has 1 amide bonds. The van der Waals surface area contributed by atoms with Crippen LogP contribution < -0.4 is 4.74 Å². The van der Waals surface area contributed by atoms with E-state index in [-0.39, 0.29) is 5.91 Å². The summed E-state index contributed by atoms with van der Waals surface area (Å²) in [4.78, 5) is 14.5. The van der Waals surface area contributed by atoms with Crippen molar-refractivity contribution in [1.29, 1.82) is 0 Å². The predicted molar refractivity (Wildman–Crippen MR) is 82.2 cm³/mol. The Morgan fingerprint density at radius 3 is 2.71 bits per heavy atom. The first-order chi connectivity index (χ1) is 10.1. The van der Waals surface area contributed by atoms with Crippen LogP contribution in [0.2, 0.25) is 10.0 Å². The number of methoxy groups -OCH3 is 1. The number of amides is 1. The molecule has 0 unspecified atom stereocenters. The molecule has 2 aromatic rings. The molecular formula is C15H14Cl2N2O2. The highest BCUT2D eigenvalue weighted by atomic mass is 35.5. The number of carbonyl (C=O) groups is 1. The second kappa shape index (κ2) is 5.62. The maximum Gasteiger partial charge on any atom is 0.259 e. The van der Waals surface area contributed by atoms with E-state index in [4.69, 9.17) is 27.9 Å². The number of rotatable bonds is 2. The van der Waals surface area contributed by atoms with Gasteiger partial charge in [-0.1, -0.05) is 23.2 Å². The SMILES string of the molecule is COc1c(Cl)ccc(Cl)c1C(=O)N1CCn2cccc2C1. The monoisotopic (exact) mass is 324 g/mol. The fourth-order valence-electron chi connectivity index (χ4n) is 2.58. The zero-order valence-corrected chi connectivity index (χ0v) is 13.0. The van der Waals surface area contributed by atoms with Crippen LogP contribution in [0.1, 0.15) is 16.1 Å². The summed E-state index contributed by atoms with van der Waals surface area (Å²) in [6.45, 7) is 1.96. The number of hydrogen-bond acceptors (Lipinski definition) is 2. The maximum atomic E-state index is 12.8. The number of ether oxygens (including phenoxy) is 1. The summed E-state index contributed by atoms with van der Waals surface area (Å²) in [5.74, 6) is 0.168. The minimum absolute atomic E-state index is 0.160. The fourth-order valence-corrected chi connectivity index (χ4v) is 3.04. The van der Waals surface area contributed by atoms with Gasteiger partial charge in [0.15, 0.2) is 5.75 Å². The molecule has 0 atom stereocenters. The molecule has 0 fully saturated rings. The van der Waals surface area contributed by atoms with Crippen molar-refractivity contribution in [2.24, 2.45) is 0 Å². The fraction of sp³-hybridized carbons (Fsp3) is 0.267. The van der Waals surface area contributed by atoms with Gasteiger partial charge in [-0.05, 0) is 24.3 Å². The Kier molecular flexibility index (Phi) is 3.83. The van der Waals surface area contributed by atoms with E-state index in [0.717, 1.165) is 12.2 Å². The lowest BCUT2D eigenvalue weighted by Gasteiger charge is -2.29. The second-order valence-corrected chi connectivity index (χ2v) is 5.67. The lowest BCUT2D eigenvalue weighted by molar-refractivity contribution is 0.0708. The highest BCUT2D eigenvalue weighted by Crippen LogP contribution is 2.35.